The predicted molar refractivity (Wildman–Crippen MR) is 63.2 cm³/mol. The second kappa shape index (κ2) is 6.24. The topological polar surface area (TPSA) is 46.3 Å². The van der Waals surface area contributed by atoms with Crippen molar-refractivity contribution in [2.45, 2.75) is 50.7 Å². The standard InChI is InChI=1S/C12H19F5N2O/c1-2-19(9-6-4-3-5-8(9)7-18)10(20)11(13,14)12(15,16)17/h8-9H,2-7,18H2,1H3. The number of carbonyl (C=O) groups excluding carboxylic acids is 1. The van der Waals surface area contributed by atoms with Crippen LogP contribution in [0.15, 0.2) is 0 Å². The third kappa shape index (κ3) is 3.21. The number of carbonyl (C=O) groups is 1. The van der Waals surface area contributed by atoms with E-state index < -0.39 is 24.0 Å². The molecule has 0 aromatic rings. The molecule has 1 saturated carbocycles. The maximum absolute atomic E-state index is 13.2. The summed E-state index contributed by atoms with van der Waals surface area (Å²) < 4.78 is 63.3. The van der Waals surface area contributed by atoms with E-state index in [4.69, 9.17) is 5.73 Å². The van der Waals surface area contributed by atoms with Gasteiger partial charge < -0.3 is 10.6 Å². The van der Waals surface area contributed by atoms with Crippen LogP contribution < -0.4 is 5.73 Å². The van der Waals surface area contributed by atoms with Crippen molar-refractivity contribution in [3.05, 3.63) is 0 Å². The molecule has 2 unspecified atom stereocenters. The van der Waals surface area contributed by atoms with Crippen LogP contribution in [0.3, 0.4) is 0 Å². The first-order chi connectivity index (χ1) is 9.16. The lowest BCUT2D eigenvalue weighted by atomic mass is 9.83. The number of nitrogens with two attached hydrogens (primary N) is 1. The minimum atomic E-state index is -5.87. The van der Waals surface area contributed by atoms with E-state index in [1.165, 1.54) is 6.92 Å². The Bertz CT molecular complexity index is 345. The molecule has 1 rings (SSSR count). The van der Waals surface area contributed by atoms with E-state index in [2.05, 4.69) is 0 Å². The van der Waals surface area contributed by atoms with Gasteiger partial charge in [0.15, 0.2) is 0 Å². The lowest BCUT2D eigenvalue weighted by Crippen LogP contribution is -2.57. The molecule has 1 fully saturated rings. The third-order valence-corrected chi connectivity index (χ3v) is 3.80. The Labute approximate surface area is 114 Å². The quantitative estimate of drug-likeness (QED) is 0.811. The number of nitrogens with zero attached hydrogens (tertiary/aromatic N) is 1. The van der Waals surface area contributed by atoms with Crippen molar-refractivity contribution in [2.24, 2.45) is 11.7 Å². The zero-order valence-electron chi connectivity index (χ0n) is 11.2. The van der Waals surface area contributed by atoms with Crippen molar-refractivity contribution in [1.29, 1.82) is 0 Å². The fourth-order valence-corrected chi connectivity index (χ4v) is 2.70. The molecule has 2 N–H and O–H groups in total. The second-order valence-electron chi connectivity index (χ2n) is 5.01. The molecule has 0 aromatic heterocycles. The van der Waals surface area contributed by atoms with Gasteiger partial charge in [-0.1, -0.05) is 12.8 Å². The lowest BCUT2D eigenvalue weighted by Gasteiger charge is -2.40. The highest BCUT2D eigenvalue weighted by atomic mass is 19.4. The Morgan fingerprint density at radius 2 is 1.75 bits per heavy atom. The molecular formula is C12H19F5N2O. The van der Waals surface area contributed by atoms with E-state index in [0.717, 1.165) is 6.42 Å². The summed E-state index contributed by atoms with van der Waals surface area (Å²) in [7, 11) is 0. The zero-order valence-corrected chi connectivity index (χ0v) is 11.2. The molecule has 1 aliphatic rings. The Kier molecular flexibility index (Phi) is 5.34. The fourth-order valence-electron chi connectivity index (χ4n) is 2.70. The normalized spacial score (nSPS) is 24.6. The fraction of sp³-hybridized carbons (Fsp3) is 0.917. The van der Waals surface area contributed by atoms with Crippen LogP contribution in [-0.2, 0) is 4.79 Å². The molecule has 0 aromatic carbocycles. The van der Waals surface area contributed by atoms with Crippen LogP contribution >= 0.6 is 0 Å². The lowest BCUT2D eigenvalue weighted by molar-refractivity contribution is -0.275. The first-order valence-electron chi connectivity index (χ1n) is 6.62. The average molecular weight is 302 g/mol. The second-order valence-corrected chi connectivity index (χ2v) is 5.01. The number of hydrogen-bond donors (Lipinski definition) is 1. The molecule has 3 nitrogen and oxygen atoms in total. The highest BCUT2D eigenvalue weighted by molar-refractivity contribution is 5.84. The molecule has 118 valence electrons. The summed E-state index contributed by atoms with van der Waals surface area (Å²) in [5, 5.41) is 0. The van der Waals surface area contributed by atoms with Crippen molar-refractivity contribution in [1.82, 2.24) is 4.90 Å². The minimum absolute atomic E-state index is 0.173. The van der Waals surface area contributed by atoms with Gasteiger partial charge in [-0.05, 0) is 32.2 Å². The summed E-state index contributed by atoms with van der Waals surface area (Å²) in [6.45, 7) is 1.38. The summed E-state index contributed by atoms with van der Waals surface area (Å²) >= 11 is 0. The van der Waals surface area contributed by atoms with Crippen molar-refractivity contribution in [3.63, 3.8) is 0 Å². The number of alkyl halides is 5. The summed E-state index contributed by atoms with van der Waals surface area (Å²) in [6, 6.07) is -0.639. The van der Waals surface area contributed by atoms with Crippen LogP contribution in [-0.4, -0.2) is 42.0 Å². The monoisotopic (exact) mass is 302 g/mol. The molecule has 1 amide bonds. The van der Waals surface area contributed by atoms with Crippen molar-refractivity contribution in [2.75, 3.05) is 13.1 Å². The van der Waals surface area contributed by atoms with Crippen LogP contribution in [0.4, 0.5) is 22.0 Å². The molecule has 2 atom stereocenters. The average Bonchev–Trinajstić information content (AvgIpc) is 2.38. The van der Waals surface area contributed by atoms with Crippen molar-refractivity contribution in [3.8, 4) is 0 Å². The number of halogens is 5. The largest absolute Gasteiger partial charge is 0.463 e. The first kappa shape index (κ1) is 17.1. The molecular weight excluding hydrogens is 283 g/mol. The van der Waals surface area contributed by atoms with E-state index in [0.29, 0.717) is 24.2 Å². The van der Waals surface area contributed by atoms with Gasteiger partial charge in [-0.15, -0.1) is 0 Å². The van der Waals surface area contributed by atoms with E-state index in [9.17, 15) is 26.7 Å². The minimum Gasteiger partial charge on any atom is -0.334 e. The smallest absolute Gasteiger partial charge is 0.334 e. The van der Waals surface area contributed by atoms with Crippen molar-refractivity contribution < 1.29 is 26.7 Å². The highest BCUT2D eigenvalue weighted by Gasteiger charge is 2.65. The van der Waals surface area contributed by atoms with E-state index in [1.807, 2.05) is 0 Å². The van der Waals surface area contributed by atoms with E-state index >= 15 is 0 Å². The molecule has 0 bridgehead atoms. The molecule has 1 aliphatic carbocycles. The maximum Gasteiger partial charge on any atom is 0.463 e. The van der Waals surface area contributed by atoms with Gasteiger partial charge in [0.25, 0.3) is 0 Å². The van der Waals surface area contributed by atoms with E-state index in [-0.39, 0.29) is 19.0 Å². The molecule has 0 heterocycles. The summed E-state index contributed by atoms with van der Waals surface area (Å²) in [5.74, 6) is -7.74. The van der Waals surface area contributed by atoms with E-state index in [1.54, 1.807) is 0 Å². The highest BCUT2D eigenvalue weighted by Crippen LogP contribution is 2.39. The Hall–Kier alpha value is -0.920. The van der Waals surface area contributed by atoms with Gasteiger partial charge in [-0.2, -0.15) is 22.0 Å². The van der Waals surface area contributed by atoms with Gasteiger partial charge in [-0.3, -0.25) is 4.79 Å². The van der Waals surface area contributed by atoms with Gasteiger partial charge in [0.05, 0.1) is 0 Å². The Morgan fingerprint density at radius 1 is 1.20 bits per heavy atom. The van der Waals surface area contributed by atoms with Crippen LogP contribution in [0.5, 0.6) is 0 Å². The van der Waals surface area contributed by atoms with Gasteiger partial charge in [0.2, 0.25) is 0 Å². The van der Waals surface area contributed by atoms with Crippen LogP contribution in [0.2, 0.25) is 0 Å². The molecule has 0 aliphatic heterocycles. The summed E-state index contributed by atoms with van der Waals surface area (Å²) in [6.07, 6.45) is -3.27. The van der Waals surface area contributed by atoms with Gasteiger partial charge in [-0.25, -0.2) is 0 Å². The van der Waals surface area contributed by atoms with Gasteiger partial charge in [0.1, 0.15) is 0 Å². The molecule has 0 saturated heterocycles. The maximum atomic E-state index is 13.2. The zero-order chi connectivity index (χ0) is 15.6. The van der Waals surface area contributed by atoms with Crippen LogP contribution in [0.1, 0.15) is 32.6 Å². The first-order valence-corrected chi connectivity index (χ1v) is 6.62. The van der Waals surface area contributed by atoms with Gasteiger partial charge >= 0.3 is 18.0 Å². The Balaban J connectivity index is 2.97. The Morgan fingerprint density at radius 3 is 2.20 bits per heavy atom. The molecule has 8 heteroatoms. The predicted octanol–water partition coefficient (Wildman–Crippen LogP) is 2.55. The number of amides is 1. The molecule has 0 spiro atoms. The number of hydrogen-bond acceptors (Lipinski definition) is 2. The summed E-state index contributed by atoms with van der Waals surface area (Å²) in [4.78, 5) is 12.3. The molecule has 0 radical (unpaired) electrons. The molecule has 20 heavy (non-hydrogen) atoms. The van der Waals surface area contributed by atoms with Crippen LogP contribution in [0, 0.1) is 5.92 Å². The SMILES string of the molecule is CCN(C(=O)C(F)(F)C(F)(F)F)C1CCCCC1CN. The van der Waals surface area contributed by atoms with Crippen LogP contribution in [0.25, 0.3) is 0 Å². The number of rotatable bonds is 4. The van der Waals surface area contributed by atoms with Gasteiger partial charge in [0, 0.05) is 12.6 Å². The van der Waals surface area contributed by atoms with Crippen molar-refractivity contribution >= 4 is 5.91 Å². The summed E-state index contributed by atoms with van der Waals surface area (Å²) in [5.41, 5.74) is 5.53. The third-order valence-electron chi connectivity index (χ3n) is 3.80.